The summed E-state index contributed by atoms with van der Waals surface area (Å²) < 4.78 is 14.2. The maximum absolute atomic E-state index is 14.2. The van der Waals surface area contributed by atoms with Crippen molar-refractivity contribution < 1.29 is 23.9 Å². The van der Waals surface area contributed by atoms with Crippen LogP contribution in [0.5, 0.6) is 0 Å². The van der Waals surface area contributed by atoms with Crippen molar-refractivity contribution in [2.24, 2.45) is 5.92 Å². The molecule has 0 aliphatic carbocycles. The van der Waals surface area contributed by atoms with Crippen molar-refractivity contribution in [3.8, 4) is 0 Å². The van der Waals surface area contributed by atoms with Gasteiger partial charge in [0.2, 0.25) is 11.8 Å². The number of nitrogens with zero attached hydrogens (tertiary/aromatic N) is 1. The molecule has 2 heterocycles. The molecule has 2 saturated heterocycles. The Balaban J connectivity index is 1.65. The van der Waals surface area contributed by atoms with Gasteiger partial charge in [-0.15, -0.1) is 0 Å². The van der Waals surface area contributed by atoms with Gasteiger partial charge in [0.25, 0.3) is 5.91 Å². The number of hydrogen-bond acceptors (Lipinski definition) is 5. The van der Waals surface area contributed by atoms with Gasteiger partial charge in [-0.2, -0.15) is 0 Å². The van der Waals surface area contributed by atoms with E-state index >= 15 is 0 Å². The molecule has 0 radical (unpaired) electrons. The minimum atomic E-state index is -0.838. The topological polar surface area (TPSA) is 98.7 Å². The summed E-state index contributed by atoms with van der Waals surface area (Å²) >= 11 is 0. The number of hydrogen-bond donors (Lipinski definition) is 3. The van der Waals surface area contributed by atoms with Crippen LogP contribution in [-0.2, 0) is 9.59 Å². The number of piperidine rings is 1. The number of rotatable bonds is 4. The van der Waals surface area contributed by atoms with Gasteiger partial charge in [0.05, 0.1) is 5.56 Å². The quantitative estimate of drug-likeness (QED) is 0.661. The fraction of sp³-hybridized carbons (Fsp3) is 0.438. The van der Waals surface area contributed by atoms with E-state index in [0.29, 0.717) is 18.8 Å². The summed E-state index contributed by atoms with van der Waals surface area (Å²) in [4.78, 5) is 36.8. The number of carbonyl (C=O) groups is 3. The zero-order valence-corrected chi connectivity index (χ0v) is 12.9. The molecule has 0 saturated carbocycles. The maximum atomic E-state index is 14.2. The molecule has 128 valence electrons. The molecule has 1 aromatic rings. The van der Waals surface area contributed by atoms with E-state index in [0.717, 1.165) is 0 Å². The Morgan fingerprint density at radius 2 is 2.12 bits per heavy atom. The molecular weight excluding hydrogens is 317 g/mol. The third kappa shape index (κ3) is 3.23. The van der Waals surface area contributed by atoms with Crippen LogP contribution in [0.15, 0.2) is 18.2 Å². The summed E-state index contributed by atoms with van der Waals surface area (Å²) in [7, 11) is 0. The van der Waals surface area contributed by atoms with Crippen molar-refractivity contribution in [2.75, 3.05) is 24.6 Å². The van der Waals surface area contributed by atoms with Crippen molar-refractivity contribution in [1.82, 2.24) is 10.6 Å². The van der Waals surface area contributed by atoms with Gasteiger partial charge in [-0.25, -0.2) is 4.39 Å². The molecule has 1 atom stereocenters. The zero-order chi connectivity index (χ0) is 17.3. The SMILES string of the molecule is O=C1CCC(NC(=O)c2ccc(N3CC(CO)C3)cc2F)C(=O)N1. The predicted molar refractivity (Wildman–Crippen MR) is 82.8 cm³/mol. The van der Waals surface area contributed by atoms with Crippen LogP contribution in [-0.4, -0.2) is 48.6 Å². The fourth-order valence-electron chi connectivity index (χ4n) is 2.85. The van der Waals surface area contributed by atoms with Gasteiger partial charge in [0, 0.05) is 37.7 Å². The van der Waals surface area contributed by atoms with E-state index in [1.165, 1.54) is 12.1 Å². The van der Waals surface area contributed by atoms with Crippen LogP contribution < -0.4 is 15.5 Å². The molecule has 0 bridgehead atoms. The summed E-state index contributed by atoms with van der Waals surface area (Å²) in [6.45, 7) is 1.40. The monoisotopic (exact) mass is 335 g/mol. The largest absolute Gasteiger partial charge is 0.396 e. The van der Waals surface area contributed by atoms with Gasteiger partial charge in [-0.05, 0) is 24.6 Å². The molecule has 3 amide bonds. The van der Waals surface area contributed by atoms with Crippen molar-refractivity contribution in [2.45, 2.75) is 18.9 Å². The van der Waals surface area contributed by atoms with Gasteiger partial charge in [-0.3, -0.25) is 19.7 Å². The summed E-state index contributed by atoms with van der Waals surface area (Å²) in [6, 6.07) is 3.44. The molecular formula is C16H18FN3O4. The second kappa shape index (κ2) is 6.56. The standard InChI is InChI=1S/C16H18FN3O4/c17-12-5-10(20-6-9(7-20)8-21)1-2-11(12)15(23)18-13-3-4-14(22)19-16(13)24/h1-2,5,9,13,21H,3-4,6-8H2,(H,18,23)(H,19,22,24). The number of aliphatic hydroxyl groups is 1. The lowest BCUT2D eigenvalue weighted by Gasteiger charge is -2.40. The molecule has 2 fully saturated rings. The lowest BCUT2D eigenvalue weighted by molar-refractivity contribution is -0.134. The van der Waals surface area contributed by atoms with Crippen LogP contribution >= 0.6 is 0 Å². The minimum Gasteiger partial charge on any atom is -0.396 e. The highest BCUT2D eigenvalue weighted by Crippen LogP contribution is 2.26. The Hall–Kier alpha value is -2.48. The van der Waals surface area contributed by atoms with Gasteiger partial charge in [0.1, 0.15) is 11.9 Å². The first kappa shape index (κ1) is 16.4. The first-order chi connectivity index (χ1) is 11.5. The number of nitrogens with one attached hydrogen (secondary N) is 2. The molecule has 1 unspecified atom stereocenters. The van der Waals surface area contributed by atoms with Crippen LogP contribution in [0.4, 0.5) is 10.1 Å². The number of halogens is 1. The minimum absolute atomic E-state index is 0.103. The van der Waals surface area contributed by atoms with E-state index in [1.54, 1.807) is 6.07 Å². The number of carbonyl (C=O) groups excluding carboxylic acids is 3. The summed E-state index contributed by atoms with van der Waals surface area (Å²) in [5.74, 6) is -2.12. The molecule has 2 aliphatic rings. The Morgan fingerprint density at radius 1 is 1.38 bits per heavy atom. The molecule has 2 aliphatic heterocycles. The maximum Gasteiger partial charge on any atom is 0.254 e. The van der Waals surface area contributed by atoms with Crippen LogP contribution in [0.1, 0.15) is 23.2 Å². The summed E-state index contributed by atoms with van der Waals surface area (Å²) in [5, 5.41) is 13.6. The van der Waals surface area contributed by atoms with Crippen molar-refractivity contribution in [3.63, 3.8) is 0 Å². The Morgan fingerprint density at radius 3 is 2.75 bits per heavy atom. The van der Waals surface area contributed by atoms with E-state index < -0.39 is 23.7 Å². The van der Waals surface area contributed by atoms with Gasteiger partial charge in [-0.1, -0.05) is 0 Å². The highest BCUT2D eigenvalue weighted by Gasteiger charge is 2.30. The number of aliphatic hydroxyl groups excluding tert-OH is 1. The smallest absolute Gasteiger partial charge is 0.254 e. The predicted octanol–water partition coefficient (Wildman–Crippen LogP) is -0.211. The Labute approximate surface area is 137 Å². The van der Waals surface area contributed by atoms with Crippen LogP contribution in [0.3, 0.4) is 0 Å². The number of amides is 3. The van der Waals surface area contributed by atoms with E-state index in [4.69, 9.17) is 5.11 Å². The van der Waals surface area contributed by atoms with E-state index in [1.807, 2.05) is 4.90 Å². The molecule has 8 heteroatoms. The van der Waals surface area contributed by atoms with Crippen LogP contribution in [0.25, 0.3) is 0 Å². The average molecular weight is 335 g/mol. The second-order valence-corrected chi connectivity index (χ2v) is 6.09. The summed E-state index contributed by atoms with van der Waals surface area (Å²) in [6.07, 6.45) is 0.339. The third-order valence-corrected chi connectivity index (χ3v) is 4.32. The van der Waals surface area contributed by atoms with Crippen molar-refractivity contribution >= 4 is 23.4 Å². The fourth-order valence-corrected chi connectivity index (χ4v) is 2.85. The first-order valence-electron chi connectivity index (χ1n) is 7.78. The third-order valence-electron chi connectivity index (χ3n) is 4.32. The number of imide groups is 1. The lowest BCUT2D eigenvalue weighted by Crippen LogP contribution is -2.52. The van der Waals surface area contributed by atoms with Gasteiger partial charge < -0.3 is 15.3 Å². The molecule has 1 aromatic carbocycles. The van der Waals surface area contributed by atoms with Crippen LogP contribution in [0.2, 0.25) is 0 Å². The van der Waals surface area contributed by atoms with Gasteiger partial charge >= 0.3 is 0 Å². The average Bonchev–Trinajstić information content (AvgIpc) is 2.49. The van der Waals surface area contributed by atoms with E-state index in [2.05, 4.69) is 10.6 Å². The molecule has 0 aromatic heterocycles. The van der Waals surface area contributed by atoms with E-state index in [-0.39, 0.29) is 36.8 Å². The molecule has 3 rings (SSSR count). The van der Waals surface area contributed by atoms with Crippen LogP contribution in [0, 0.1) is 11.7 Å². The van der Waals surface area contributed by atoms with Crippen molar-refractivity contribution in [3.05, 3.63) is 29.6 Å². The van der Waals surface area contributed by atoms with E-state index in [9.17, 15) is 18.8 Å². The highest BCUT2D eigenvalue weighted by atomic mass is 19.1. The molecule has 3 N–H and O–H groups in total. The zero-order valence-electron chi connectivity index (χ0n) is 12.9. The lowest BCUT2D eigenvalue weighted by atomic mass is 10.00. The normalized spacial score (nSPS) is 21.2. The second-order valence-electron chi connectivity index (χ2n) is 6.09. The van der Waals surface area contributed by atoms with Gasteiger partial charge in [0.15, 0.2) is 0 Å². The van der Waals surface area contributed by atoms with Crippen molar-refractivity contribution in [1.29, 1.82) is 0 Å². The molecule has 7 nitrogen and oxygen atoms in total. The number of benzene rings is 1. The molecule has 24 heavy (non-hydrogen) atoms. The Kier molecular flexibility index (Phi) is 4.48. The molecule has 0 spiro atoms. The Bertz CT molecular complexity index is 688. The first-order valence-corrected chi connectivity index (χ1v) is 7.78. The highest BCUT2D eigenvalue weighted by molar-refractivity contribution is 6.03. The number of anilines is 1. The summed E-state index contributed by atoms with van der Waals surface area (Å²) in [5.41, 5.74) is 0.498.